The molecule has 0 aliphatic carbocycles. The largest absolute Gasteiger partial charge is 0.490 e. The number of anilines is 1. The molecule has 0 unspecified atom stereocenters. The summed E-state index contributed by atoms with van der Waals surface area (Å²) in [5.74, 6) is 1.04. The zero-order valence-electron chi connectivity index (χ0n) is 13.8. The van der Waals surface area contributed by atoms with E-state index in [-0.39, 0.29) is 0 Å². The number of nitrogens with one attached hydrogen (secondary N) is 1. The summed E-state index contributed by atoms with van der Waals surface area (Å²) < 4.78 is 6.20. The molecule has 3 rings (SSSR count). The van der Waals surface area contributed by atoms with Crippen molar-refractivity contribution in [3.05, 3.63) is 24.3 Å². The molecule has 0 amide bonds. The third-order valence-electron chi connectivity index (χ3n) is 4.82. The standard InChI is InChI=1S/C18H29N3O/c1-16(20-11-5-2-6-12-20)15-22-18-8-4-3-7-17(18)21-13-9-19-10-14-21/h3-4,7-8,16,19H,2,5-6,9-15H2,1H3/t16-/m1/s1. The molecule has 1 aromatic rings. The topological polar surface area (TPSA) is 27.7 Å². The molecule has 22 heavy (non-hydrogen) atoms. The smallest absolute Gasteiger partial charge is 0.142 e. The first-order chi connectivity index (χ1) is 10.8. The maximum absolute atomic E-state index is 6.20. The fourth-order valence-electron chi connectivity index (χ4n) is 3.42. The van der Waals surface area contributed by atoms with E-state index >= 15 is 0 Å². The maximum Gasteiger partial charge on any atom is 0.142 e. The Kier molecular flexibility index (Phi) is 5.57. The van der Waals surface area contributed by atoms with Crippen LogP contribution in [0.2, 0.25) is 0 Å². The highest BCUT2D eigenvalue weighted by molar-refractivity contribution is 5.58. The van der Waals surface area contributed by atoms with E-state index in [0.717, 1.165) is 38.5 Å². The van der Waals surface area contributed by atoms with E-state index in [1.807, 2.05) is 0 Å². The molecule has 1 atom stereocenters. The molecule has 1 N–H and O–H groups in total. The molecule has 122 valence electrons. The van der Waals surface area contributed by atoms with Crippen molar-refractivity contribution in [2.24, 2.45) is 0 Å². The van der Waals surface area contributed by atoms with Crippen LogP contribution in [-0.4, -0.2) is 56.8 Å². The summed E-state index contributed by atoms with van der Waals surface area (Å²) in [6.45, 7) is 9.75. The quantitative estimate of drug-likeness (QED) is 0.904. The number of piperidine rings is 1. The predicted molar refractivity (Wildman–Crippen MR) is 91.9 cm³/mol. The van der Waals surface area contributed by atoms with Gasteiger partial charge in [0.25, 0.3) is 0 Å². The van der Waals surface area contributed by atoms with E-state index < -0.39 is 0 Å². The van der Waals surface area contributed by atoms with Crippen molar-refractivity contribution in [3.63, 3.8) is 0 Å². The van der Waals surface area contributed by atoms with Gasteiger partial charge in [-0.05, 0) is 45.0 Å². The molecule has 2 fully saturated rings. The molecule has 2 heterocycles. The summed E-state index contributed by atoms with van der Waals surface area (Å²) in [6.07, 6.45) is 4.05. The Labute approximate surface area is 134 Å². The van der Waals surface area contributed by atoms with E-state index in [4.69, 9.17) is 4.74 Å². The average molecular weight is 303 g/mol. The molecular weight excluding hydrogens is 274 g/mol. The Morgan fingerprint density at radius 3 is 2.55 bits per heavy atom. The molecule has 2 aliphatic heterocycles. The Hall–Kier alpha value is -1.26. The fourth-order valence-corrected chi connectivity index (χ4v) is 3.42. The molecule has 0 aromatic heterocycles. The van der Waals surface area contributed by atoms with E-state index in [1.165, 1.54) is 38.0 Å². The Morgan fingerprint density at radius 1 is 1.05 bits per heavy atom. The van der Waals surface area contributed by atoms with Crippen molar-refractivity contribution in [1.29, 1.82) is 0 Å². The first-order valence-electron chi connectivity index (χ1n) is 8.76. The van der Waals surface area contributed by atoms with Crippen LogP contribution in [0, 0.1) is 0 Å². The number of piperazine rings is 1. The first kappa shape index (κ1) is 15.6. The average Bonchev–Trinajstić information content (AvgIpc) is 2.61. The van der Waals surface area contributed by atoms with Crippen molar-refractivity contribution >= 4 is 5.69 Å². The van der Waals surface area contributed by atoms with Crippen LogP contribution in [0.5, 0.6) is 5.75 Å². The number of hydrogen-bond donors (Lipinski definition) is 1. The second-order valence-electron chi connectivity index (χ2n) is 6.46. The van der Waals surface area contributed by atoms with Gasteiger partial charge in [0, 0.05) is 32.2 Å². The number of ether oxygens (including phenoxy) is 1. The summed E-state index contributed by atoms with van der Waals surface area (Å²) in [6, 6.07) is 8.98. The minimum Gasteiger partial charge on any atom is -0.490 e. The molecule has 2 saturated heterocycles. The zero-order valence-corrected chi connectivity index (χ0v) is 13.8. The lowest BCUT2D eigenvalue weighted by Crippen LogP contribution is -2.44. The maximum atomic E-state index is 6.20. The SMILES string of the molecule is C[C@H](COc1ccccc1N1CCNCC1)N1CCCCC1. The van der Waals surface area contributed by atoms with Gasteiger partial charge in [0.1, 0.15) is 12.4 Å². The summed E-state index contributed by atoms with van der Waals surface area (Å²) >= 11 is 0. The summed E-state index contributed by atoms with van der Waals surface area (Å²) in [7, 11) is 0. The summed E-state index contributed by atoms with van der Waals surface area (Å²) in [4.78, 5) is 4.99. The van der Waals surface area contributed by atoms with E-state index in [2.05, 4.69) is 46.3 Å². The molecule has 1 aromatic carbocycles. The van der Waals surface area contributed by atoms with Gasteiger partial charge in [-0.1, -0.05) is 18.6 Å². The van der Waals surface area contributed by atoms with Gasteiger partial charge in [0.05, 0.1) is 5.69 Å². The van der Waals surface area contributed by atoms with Gasteiger partial charge in [-0.2, -0.15) is 0 Å². The van der Waals surface area contributed by atoms with Crippen LogP contribution in [0.3, 0.4) is 0 Å². The number of para-hydroxylation sites is 2. The molecule has 4 heteroatoms. The van der Waals surface area contributed by atoms with E-state index in [1.54, 1.807) is 0 Å². The van der Waals surface area contributed by atoms with E-state index in [9.17, 15) is 0 Å². The summed E-state index contributed by atoms with van der Waals surface area (Å²) in [5.41, 5.74) is 1.25. The predicted octanol–water partition coefficient (Wildman–Crippen LogP) is 2.35. The van der Waals surface area contributed by atoms with Crippen LogP contribution in [-0.2, 0) is 0 Å². The molecule has 0 spiro atoms. The van der Waals surface area contributed by atoms with Crippen molar-refractivity contribution in [1.82, 2.24) is 10.2 Å². The van der Waals surface area contributed by atoms with Crippen molar-refractivity contribution in [3.8, 4) is 5.75 Å². The number of rotatable bonds is 5. The van der Waals surface area contributed by atoms with Crippen molar-refractivity contribution in [2.75, 3.05) is 50.8 Å². The van der Waals surface area contributed by atoms with Crippen LogP contribution in [0.1, 0.15) is 26.2 Å². The van der Waals surface area contributed by atoms with Gasteiger partial charge in [0.2, 0.25) is 0 Å². The first-order valence-corrected chi connectivity index (χ1v) is 8.76. The second kappa shape index (κ2) is 7.84. The lowest BCUT2D eigenvalue weighted by Gasteiger charge is -2.33. The third kappa shape index (κ3) is 3.93. The van der Waals surface area contributed by atoms with Gasteiger partial charge < -0.3 is 15.0 Å². The van der Waals surface area contributed by atoms with Gasteiger partial charge in [0.15, 0.2) is 0 Å². The zero-order chi connectivity index (χ0) is 15.2. The van der Waals surface area contributed by atoms with Crippen LogP contribution in [0.25, 0.3) is 0 Å². The minimum absolute atomic E-state index is 0.497. The van der Waals surface area contributed by atoms with Crippen molar-refractivity contribution in [2.45, 2.75) is 32.2 Å². The minimum atomic E-state index is 0.497. The van der Waals surface area contributed by atoms with Crippen molar-refractivity contribution < 1.29 is 4.74 Å². The Bertz CT molecular complexity index is 453. The molecule has 0 saturated carbocycles. The lowest BCUT2D eigenvalue weighted by molar-refractivity contribution is 0.125. The molecular formula is C18H29N3O. The van der Waals surface area contributed by atoms with Gasteiger partial charge >= 0.3 is 0 Å². The Morgan fingerprint density at radius 2 is 1.77 bits per heavy atom. The molecule has 2 aliphatic rings. The van der Waals surface area contributed by atoms with Gasteiger partial charge in [-0.15, -0.1) is 0 Å². The summed E-state index contributed by atoms with van der Waals surface area (Å²) in [5, 5.41) is 3.41. The van der Waals surface area contributed by atoms with Crippen LogP contribution >= 0.6 is 0 Å². The molecule has 0 radical (unpaired) electrons. The highest BCUT2D eigenvalue weighted by Gasteiger charge is 2.19. The second-order valence-corrected chi connectivity index (χ2v) is 6.46. The third-order valence-corrected chi connectivity index (χ3v) is 4.82. The highest BCUT2D eigenvalue weighted by atomic mass is 16.5. The molecule has 4 nitrogen and oxygen atoms in total. The lowest BCUT2D eigenvalue weighted by atomic mass is 10.1. The number of benzene rings is 1. The highest BCUT2D eigenvalue weighted by Crippen LogP contribution is 2.28. The van der Waals surface area contributed by atoms with Gasteiger partial charge in [-0.25, -0.2) is 0 Å². The number of nitrogens with zero attached hydrogens (tertiary/aromatic N) is 2. The monoisotopic (exact) mass is 303 g/mol. The fraction of sp³-hybridized carbons (Fsp3) is 0.667. The Balaban J connectivity index is 1.59. The van der Waals surface area contributed by atoms with Crippen LogP contribution in [0.15, 0.2) is 24.3 Å². The molecule has 0 bridgehead atoms. The number of likely N-dealkylation sites (tertiary alicyclic amines) is 1. The van der Waals surface area contributed by atoms with Crippen LogP contribution in [0.4, 0.5) is 5.69 Å². The van der Waals surface area contributed by atoms with Crippen LogP contribution < -0.4 is 15.0 Å². The normalized spacial score (nSPS) is 21.6. The van der Waals surface area contributed by atoms with E-state index in [0.29, 0.717) is 6.04 Å². The van der Waals surface area contributed by atoms with Gasteiger partial charge in [-0.3, -0.25) is 4.90 Å². The number of hydrogen-bond acceptors (Lipinski definition) is 4.